The average Bonchev–Trinajstić information content (AvgIpc) is 3.83. The molecule has 56 heavy (non-hydrogen) atoms. The number of hydrogen-bond donors (Lipinski definition) is 0. The molecule has 0 aliphatic rings. The van der Waals surface area contributed by atoms with Crippen molar-refractivity contribution >= 4 is 53.3 Å². The van der Waals surface area contributed by atoms with E-state index in [1.54, 1.807) is 11.3 Å². The molecule has 11 rings (SSSR count). The van der Waals surface area contributed by atoms with Crippen LogP contribution in [0.25, 0.3) is 104 Å². The molecule has 0 spiro atoms. The van der Waals surface area contributed by atoms with Crippen LogP contribution < -0.4 is 0 Å². The predicted octanol–water partition coefficient (Wildman–Crippen LogP) is 13.7. The van der Waals surface area contributed by atoms with E-state index in [4.69, 9.17) is 15.0 Å². The molecule has 0 radical (unpaired) electrons. The van der Waals surface area contributed by atoms with Crippen molar-refractivity contribution in [2.75, 3.05) is 0 Å². The van der Waals surface area contributed by atoms with Gasteiger partial charge in [0.15, 0.2) is 17.5 Å². The van der Waals surface area contributed by atoms with Gasteiger partial charge in [-0.3, -0.25) is 0 Å². The molecule has 0 bridgehead atoms. The second-order valence-electron chi connectivity index (χ2n) is 14.0. The summed E-state index contributed by atoms with van der Waals surface area (Å²) in [5, 5.41) is 4.84. The molecule has 11 aromatic rings. The Morgan fingerprint density at radius 1 is 0.339 bits per heavy atom. The van der Waals surface area contributed by atoms with E-state index in [9.17, 15) is 0 Å². The zero-order valence-corrected chi connectivity index (χ0v) is 31.0. The summed E-state index contributed by atoms with van der Waals surface area (Å²) in [6.45, 7) is 0. The fraction of sp³-hybridized carbons (Fsp3) is 0. The molecule has 0 saturated heterocycles. The minimum Gasteiger partial charge on any atom is -0.309 e. The SMILES string of the molecule is c1ccc(-c2cccc(-c3cccc(-c4nc(-c5ccc6c7ccccc7n(-c7ccccc7)c6c5)nc(-c5cccc6c5sc5ccccc56)n4)c3)c2)cc1. The lowest BCUT2D eigenvalue weighted by Crippen LogP contribution is -2.01. The first-order chi connectivity index (χ1) is 27.7. The molecular formula is C51H32N4S. The molecule has 3 aromatic heterocycles. The van der Waals surface area contributed by atoms with Crippen LogP contribution in [-0.2, 0) is 0 Å². The zero-order chi connectivity index (χ0) is 37.0. The van der Waals surface area contributed by atoms with Crippen LogP contribution in [0, 0.1) is 0 Å². The van der Waals surface area contributed by atoms with Crippen LogP contribution in [0.2, 0.25) is 0 Å². The van der Waals surface area contributed by atoms with Gasteiger partial charge in [-0.25, -0.2) is 15.0 Å². The fourth-order valence-corrected chi connectivity index (χ4v) is 9.20. The van der Waals surface area contributed by atoms with Crippen molar-refractivity contribution in [1.82, 2.24) is 19.5 Å². The highest BCUT2D eigenvalue weighted by Crippen LogP contribution is 2.40. The first kappa shape index (κ1) is 32.2. The van der Waals surface area contributed by atoms with E-state index in [1.165, 1.54) is 42.1 Å². The van der Waals surface area contributed by atoms with Gasteiger partial charge in [-0.2, -0.15) is 0 Å². The number of hydrogen-bond acceptors (Lipinski definition) is 4. The van der Waals surface area contributed by atoms with Crippen molar-refractivity contribution in [2.45, 2.75) is 0 Å². The molecule has 0 saturated carbocycles. The van der Waals surface area contributed by atoms with Gasteiger partial charge < -0.3 is 4.57 Å². The molecular weight excluding hydrogens is 701 g/mol. The van der Waals surface area contributed by atoms with E-state index < -0.39 is 0 Å². The van der Waals surface area contributed by atoms with Crippen molar-refractivity contribution in [3.63, 3.8) is 0 Å². The second-order valence-corrected chi connectivity index (χ2v) is 15.1. The Kier molecular flexibility index (Phi) is 7.64. The Balaban J connectivity index is 1.12. The minimum absolute atomic E-state index is 0.631. The molecule has 5 heteroatoms. The summed E-state index contributed by atoms with van der Waals surface area (Å²) >= 11 is 1.79. The molecule has 262 valence electrons. The molecule has 3 heterocycles. The van der Waals surface area contributed by atoms with Gasteiger partial charge in [0, 0.05) is 53.3 Å². The Morgan fingerprint density at radius 2 is 0.875 bits per heavy atom. The lowest BCUT2D eigenvalue weighted by molar-refractivity contribution is 1.08. The van der Waals surface area contributed by atoms with Gasteiger partial charge in [-0.1, -0.05) is 146 Å². The lowest BCUT2D eigenvalue weighted by Gasteiger charge is -2.12. The first-order valence-corrected chi connectivity index (χ1v) is 19.6. The maximum absolute atomic E-state index is 5.28. The number of thiophene rings is 1. The highest BCUT2D eigenvalue weighted by atomic mass is 32.1. The van der Waals surface area contributed by atoms with Gasteiger partial charge in [-0.05, 0) is 70.8 Å². The van der Waals surface area contributed by atoms with Crippen LogP contribution in [0.5, 0.6) is 0 Å². The Morgan fingerprint density at radius 3 is 1.66 bits per heavy atom. The Bertz CT molecular complexity index is 3250. The largest absolute Gasteiger partial charge is 0.309 e. The number of benzene rings is 8. The Labute approximate surface area is 327 Å². The normalized spacial score (nSPS) is 11.6. The van der Waals surface area contributed by atoms with Gasteiger partial charge in [0.05, 0.1) is 11.0 Å². The van der Waals surface area contributed by atoms with E-state index in [0.29, 0.717) is 17.5 Å². The summed E-state index contributed by atoms with van der Waals surface area (Å²) in [6.07, 6.45) is 0. The number of para-hydroxylation sites is 2. The summed E-state index contributed by atoms with van der Waals surface area (Å²) in [5.74, 6) is 1.92. The van der Waals surface area contributed by atoms with Crippen molar-refractivity contribution in [2.24, 2.45) is 0 Å². The van der Waals surface area contributed by atoms with Gasteiger partial charge in [0.2, 0.25) is 0 Å². The predicted molar refractivity (Wildman–Crippen MR) is 234 cm³/mol. The highest BCUT2D eigenvalue weighted by molar-refractivity contribution is 7.26. The van der Waals surface area contributed by atoms with Crippen LogP contribution in [-0.4, -0.2) is 19.5 Å². The minimum atomic E-state index is 0.631. The molecule has 0 atom stereocenters. The zero-order valence-electron chi connectivity index (χ0n) is 30.2. The van der Waals surface area contributed by atoms with Crippen molar-refractivity contribution < 1.29 is 0 Å². The quantitative estimate of drug-likeness (QED) is 0.171. The number of aromatic nitrogens is 4. The first-order valence-electron chi connectivity index (χ1n) is 18.8. The molecule has 0 unspecified atom stereocenters. The number of nitrogens with zero attached hydrogens (tertiary/aromatic N) is 4. The van der Waals surface area contributed by atoms with Crippen LogP contribution in [0.15, 0.2) is 194 Å². The molecule has 0 fully saturated rings. The molecule has 0 aliphatic heterocycles. The van der Waals surface area contributed by atoms with Crippen LogP contribution >= 0.6 is 11.3 Å². The van der Waals surface area contributed by atoms with Crippen LogP contribution in [0.3, 0.4) is 0 Å². The van der Waals surface area contributed by atoms with E-state index in [2.05, 4.69) is 199 Å². The third kappa shape index (κ3) is 5.48. The van der Waals surface area contributed by atoms with E-state index in [1.807, 2.05) is 0 Å². The van der Waals surface area contributed by atoms with Gasteiger partial charge in [0.25, 0.3) is 0 Å². The summed E-state index contributed by atoms with van der Waals surface area (Å²) in [7, 11) is 0. The Hall–Kier alpha value is -7.21. The molecule has 4 nitrogen and oxygen atoms in total. The van der Waals surface area contributed by atoms with E-state index in [-0.39, 0.29) is 0 Å². The standard InChI is InChI=1S/C51H32N4S/c1-3-14-33(15-4-1)34-16-11-17-35(30-34)36-18-12-19-37(31-36)49-52-50(54-51(53-49)44-25-13-24-43-42-23-8-10-27-47(42)56-48(43)44)38-28-29-41-40-22-7-9-26-45(40)55(46(41)32-38)39-20-5-2-6-21-39/h1-32H. The van der Waals surface area contributed by atoms with E-state index in [0.717, 1.165) is 44.5 Å². The number of rotatable bonds is 6. The fourth-order valence-electron chi connectivity index (χ4n) is 7.99. The summed E-state index contributed by atoms with van der Waals surface area (Å²) in [5.41, 5.74) is 10.8. The van der Waals surface area contributed by atoms with Gasteiger partial charge in [0.1, 0.15) is 0 Å². The van der Waals surface area contributed by atoms with Crippen LogP contribution in [0.1, 0.15) is 0 Å². The summed E-state index contributed by atoms with van der Waals surface area (Å²) in [6, 6.07) is 68.6. The van der Waals surface area contributed by atoms with Crippen LogP contribution in [0.4, 0.5) is 0 Å². The topological polar surface area (TPSA) is 43.6 Å². The molecule has 8 aromatic carbocycles. The smallest absolute Gasteiger partial charge is 0.165 e. The third-order valence-electron chi connectivity index (χ3n) is 10.7. The second kappa shape index (κ2) is 13.3. The van der Waals surface area contributed by atoms with Gasteiger partial charge >= 0.3 is 0 Å². The van der Waals surface area contributed by atoms with Gasteiger partial charge in [-0.15, -0.1) is 11.3 Å². The number of fused-ring (bicyclic) bond motifs is 6. The average molecular weight is 733 g/mol. The monoisotopic (exact) mass is 732 g/mol. The maximum Gasteiger partial charge on any atom is 0.165 e. The molecule has 0 amide bonds. The van der Waals surface area contributed by atoms with E-state index >= 15 is 0 Å². The highest BCUT2D eigenvalue weighted by Gasteiger charge is 2.19. The third-order valence-corrected chi connectivity index (χ3v) is 11.9. The van der Waals surface area contributed by atoms with Crippen molar-refractivity contribution in [3.8, 4) is 62.1 Å². The maximum atomic E-state index is 5.28. The summed E-state index contributed by atoms with van der Waals surface area (Å²) < 4.78 is 4.75. The summed E-state index contributed by atoms with van der Waals surface area (Å²) in [4.78, 5) is 15.8. The lowest BCUT2D eigenvalue weighted by atomic mass is 9.98. The molecule has 0 aliphatic carbocycles. The van der Waals surface area contributed by atoms with Crippen molar-refractivity contribution in [3.05, 3.63) is 194 Å². The molecule has 0 N–H and O–H groups in total. The van der Waals surface area contributed by atoms with Crippen molar-refractivity contribution in [1.29, 1.82) is 0 Å².